The van der Waals surface area contributed by atoms with Crippen molar-refractivity contribution in [1.82, 2.24) is 15.2 Å². The summed E-state index contributed by atoms with van der Waals surface area (Å²) in [6, 6.07) is 11.1. The number of anilines is 1. The van der Waals surface area contributed by atoms with E-state index in [2.05, 4.69) is 20.5 Å². The molecule has 3 rings (SSSR count). The van der Waals surface area contributed by atoms with E-state index in [9.17, 15) is 9.59 Å². The number of aromatic nitrogens is 1. The van der Waals surface area contributed by atoms with Gasteiger partial charge in [0.2, 0.25) is 0 Å². The number of pyridine rings is 1. The van der Waals surface area contributed by atoms with Gasteiger partial charge in [-0.15, -0.1) is 0 Å². The van der Waals surface area contributed by atoms with Gasteiger partial charge in [0.15, 0.2) is 0 Å². The van der Waals surface area contributed by atoms with Gasteiger partial charge in [0.05, 0.1) is 19.3 Å². The minimum atomic E-state index is -0.674. The first-order chi connectivity index (χ1) is 13.1. The van der Waals surface area contributed by atoms with Gasteiger partial charge in [-0.05, 0) is 36.2 Å². The maximum absolute atomic E-state index is 12.3. The third-order valence-electron chi connectivity index (χ3n) is 4.49. The van der Waals surface area contributed by atoms with E-state index in [-0.39, 0.29) is 6.04 Å². The van der Waals surface area contributed by atoms with Crippen molar-refractivity contribution in [3.8, 4) is 0 Å². The maximum atomic E-state index is 12.3. The molecule has 0 radical (unpaired) electrons. The van der Waals surface area contributed by atoms with E-state index in [1.54, 1.807) is 18.5 Å². The molecule has 1 saturated heterocycles. The normalized spacial score (nSPS) is 15.7. The highest BCUT2D eigenvalue weighted by molar-refractivity contribution is 6.39. The second kappa shape index (κ2) is 9.25. The Bertz CT molecular complexity index is 776. The molecule has 2 N–H and O–H groups in total. The summed E-state index contributed by atoms with van der Waals surface area (Å²) in [7, 11) is 0. The molecular formula is C20H24N4O3. The number of carbonyl (C=O) groups excluding carboxylic acids is 2. The highest BCUT2D eigenvalue weighted by Gasteiger charge is 2.24. The molecule has 7 nitrogen and oxygen atoms in total. The lowest BCUT2D eigenvalue weighted by Gasteiger charge is -2.34. The summed E-state index contributed by atoms with van der Waals surface area (Å²) < 4.78 is 5.42. The fraction of sp³-hybridized carbons (Fsp3) is 0.350. The van der Waals surface area contributed by atoms with Crippen LogP contribution < -0.4 is 10.6 Å². The van der Waals surface area contributed by atoms with Gasteiger partial charge in [-0.2, -0.15) is 0 Å². The zero-order valence-electron chi connectivity index (χ0n) is 15.4. The fourth-order valence-electron chi connectivity index (χ4n) is 3.10. The summed E-state index contributed by atoms with van der Waals surface area (Å²) in [5.41, 5.74) is 2.61. The van der Waals surface area contributed by atoms with E-state index < -0.39 is 11.8 Å². The van der Waals surface area contributed by atoms with E-state index in [4.69, 9.17) is 4.74 Å². The lowest BCUT2D eigenvalue weighted by Crippen LogP contribution is -2.45. The lowest BCUT2D eigenvalue weighted by atomic mass is 10.1. The second-order valence-corrected chi connectivity index (χ2v) is 6.48. The second-order valence-electron chi connectivity index (χ2n) is 6.48. The number of nitrogens with one attached hydrogen (secondary N) is 2. The molecule has 7 heteroatoms. The van der Waals surface area contributed by atoms with Crippen LogP contribution in [0.25, 0.3) is 0 Å². The summed E-state index contributed by atoms with van der Waals surface area (Å²) >= 11 is 0. The average Bonchev–Trinajstić information content (AvgIpc) is 2.69. The molecular weight excluding hydrogens is 344 g/mol. The van der Waals surface area contributed by atoms with Gasteiger partial charge >= 0.3 is 11.8 Å². The van der Waals surface area contributed by atoms with Crippen LogP contribution >= 0.6 is 0 Å². The Hall–Kier alpha value is -2.77. The molecule has 1 aromatic heterocycles. The Morgan fingerprint density at radius 1 is 1.19 bits per heavy atom. The molecule has 2 aromatic rings. The average molecular weight is 368 g/mol. The smallest absolute Gasteiger partial charge is 0.313 e. The predicted octanol–water partition coefficient (Wildman–Crippen LogP) is 1.52. The number of hydrogen-bond acceptors (Lipinski definition) is 5. The fourth-order valence-corrected chi connectivity index (χ4v) is 3.10. The Kier molecular flexibility index (Phi) is 6.51. The molecule has 1 aliphatic heterocycles. The minimum Gasteiger partial charge on any atom is -0.379 e. The van der Waals surface area contributed by atoms with Gasteiger partial charge in [0, 0.05) is 37.7 Å². The van der Waals surface area contributed by atoms with Crippen LogP contribution in [0, 0.1) is 6.92 Å². The van der Waals surface area contributed by atoms with Crippen molar-refractivity contribution >= 4 is 17.5 Å². The standard InChI is InChI=1S/C20H24N4O3/c1-15-4-2-6-17(12-15)23-20(26)19(25)22-14-18(16-5-3-7-21-13-16)24-8-10-27-11-9-24/h2-7,12-13,18H,8-11,14H2,1H3,(H,22,25)(H,23,26)/t18-/m0/s1. The molecule has 2 amide bonds. The van der Waals surface area contributed by atoms with Crippen molar-refractivity contribution < 1.29 is 14.3 Å². The molecule has 0 spiro atoms. The number of nitrogens with zero attached hydrogens (tertiary/aromatic N) is 2. The van der Waals surface area contributed by atoms with Gasteiger partial charge in [0.25, 0.3) is 0 Å². The zero-order valence-corrected chi connectivity index (χ0v) is 15.4. The summed E-state index contributed by atoms with van der Waals surface area (Å²) in [5, 5.41) is 5.38. The van der Waals surface area contributed by atoms with Gasteiger partial charge in [-0.1, -0.05) is 18.2 Å². The van der Waals surface area contributed by atoms with E-state index in [1.165, 1.54) is 0 Å². The summed E-state index contributed by atoms with van der Waals surface area (Å²) in [6.45, 7) is 5.09. The van der Waals surface area contributed by atoms with Crippen LogP contribution in [0.3, 0.4) is 0 Å². The largest absolute Gasteiger partial charge is 0.379 e. The van der Waals surface area contributed by atoms with Crippen LogP contribution in [-0.2, 0) is 14.3 Å². The summed E-state index contributed by atoms with van der Waals surface area (Å²) in [5.74, 6) is -1.33. The number of amides is 2. The summed E-state index contributed by atoms with van der Waals surface area (Å²) in [4.78, 5) is 30.9. The van der Waals surface area contributed by atoms with E-state index in [1.807, 2.05) is 37.3 Å². The van der Waals surface area contributed by atoms with Gasteiger partial charge in [-0.25, -0.2) is 0 Å². The zero-order chi connectivity index (χ0) is 19.1. The first-order valence-electron chi connectivity index (χ1n) is 9.01. The van der Waals surface area contributed by atoms with Gasteiger partial charge in [-0.3, -0.25) is 19.5 Å². The third-order valence-corrected chi connectivity index (χ3v) is 4.49. The minimum absolute atomic E-state index is 0.0571. The third kappa shape index (κ3) is 5.35. The number of morpholine rings is 1. The molecule has 0 unspecified atom stereocenters. The molecule has 142 valence electrons. The van der Waals surface area contributed by atoms with Crippen molar-refractivity contribution in [2.45, 2.75) is 13.0 Å². The maximum Gasteiger partial charge on any atom is 0.313 e. The Balaban J connectivity index is 1.62. The van der Waals surface area contributed by atoms with Crippen LogP contribution in [0.15, 0.2) is 48.8 Å². The Morgan fingerprint density at radius 3 is 2.70 bits per heavy atom. The van der Waals surface area contributed by atoms with E-state index in [0.717, 1.165) is 24.2 Å². The topological polar surface area (TPSA) is 83.6 Å². The van der Waals surface area contributed by atoms with Crippen LogP contribution in [0.1, 0.15) is 17.2 Å². The Labute approximate surface area is 158 Å². The molecule has 2 heterocycles. The van der Waals surface area contributed by atoms with Crippen LogP contribution in [-0.4, -0.2) is 54.5 Å². The summed E-state index contributed by atoms with van der Waals surface area (Å²) in [6.07, 6.45) is 3.51. The van der Waals surface area contributed by atoms with E-state index in [0.29, 0.717) is 25.4 Å². The van der Waals surface area contributed by atoms with Gasteiger partial charge in [0.1, 0.15) is 0 Å². The SMILES string of the molecule is Cc1cccc(NC(=O)C(=O)NC[C@@H](c2cccnc2)N2CCOCC2)c1. The first-order valence-corrected chi connectivity index (χ1v) is 9.01. The molecule has 1 atom stereocenters. The molecule has 0 aliphatic carbocycles. The van der Waals surface area contributed by atoms with Crippen LogP contribution in [0.2, 0.25) is 0 Å². The van der Waals surface area contributed by atoms with Crippen molar-refractivity contribution in [3.05, 3.63) is 59.9 Å². The molecule has 1 aromatic carbocycles. The van der Waals surface area contributed by atoms with Gasteiger partial charge < -0.3 is 15.4 Å². The number of ether oxygens (including phenoxy) is 1. The quantitative estimate of drug-likeness (QED) is 0.782. The molecule has 1 fully saturated rings. The predicted molar refractivity (Wildman–Crippen MR) is 102 cm³/mol. The lowest BCUT2D eigenvalue weighted by molar-refractivity contribution is -0.136. The van der Waals surface area contributed by atoms with E-state index >= 15 is 0 Å². The number of carbonyl (C=O) groups is 2. The number of rotatable bonds is 5. The van der Waals surface area contributed by atoms with Crippen LogP contribution in [0.4, 0.5) is 5.69 Å². The van der Waals surface area contributed by atoms with Crippen molar-refractivity contribution in [1.29, 1.82) is 0 Å². The Morgan fingerprint density at radius 2 is 2.00 bits per heavy atom. The molecule has 0 saturated carbocycles. The highest BCUT2D eigenvalue weighted by atomic mass is 16.5. The first kappa shape index (κ1) is 19.0. The van der Waals surface area contributed by atoms with Crippen molar-refractivity contribution in [2.75, 3.05) is 38.2 Å². The van der Waals surface area contributed by atoms with Crippen LogP contribution in [0.5, 0.6) is 0 Å². The molecule has 0 bridgehead atoms. The highest BCUT2D eigenvalue weighted by Crippen LogP contribution is 2.20. The number of hydrogen-bond donors (Lipinski definition) is 2. The molecule has 27 heavy (non-hydrogen) atoms. The van der Waals surface area contributed by atoms with Crippen molar-refractivity contribution in [3.63, 3.8) is 0 Å². The molecule has 1 aliphatic rings. The monoisotopic (exact) mass is 368 g/mol. The van der Waals surface area contributed by atoms with Crippen molar-refractivity contribution in [2.24, 2.45) is 0 Å². The number of aryl methyl sites for hydroxylation is 1. The number of benzene rings is 1.